The topological polar surface area (TPSA) is 60.2 Å². The lowest BCUT2D eigenvalue weighted by Crippen LogP contribution is -2.33. The summed E-state index contributed by atoms with van der Waals surface area (Å²) in [7, 11) is 1.69. The van der Waals surface area contributed by atoms with Gasteiger partial charge in [-0.05, 0) is 42.8 Å². The van der Waals surface area contributed by atoms with Crippen LogP contribution in [0.1, 0.15) is 18.5 Å². The lowest BCUT2D eigenvalue weighted by molar-refractivity contribution is -0.134. The first-order valence-corrected chi connectivity index (χ1v) is 9.03. The molecule has 3 aromatic rings. The fourth-order valence-electron chi connectivity index (χ4n) is 2.52. The average molecular weight is 433 g/mol. The highest BCUT2D eigenvalue weighted by Gasteiger charge is 2.18. The zero-order valence-electron chi connectivity index (χ0n) is 14.8. The smallest absolute Gasteiger partial charge is 0.260 e. The van der Waals surface area contributed by atoms with Gasteiger partial charge in [-0.25, -0.2) is 14.1 Å². The summed E-state index contributed by atoms with van der Waals surface area (Å²) < 4.78 is 21.4. The van der Waals surface area contributed by atoms with Crippen molar-refractivity contribution in [3.63, 3.8) is 0 Å². The molecule has 0 radical (unpaired) electrons. The summed E-state index contributed by atoms with van der Waals surface area (Å²) in [6.45, 7) is 1.68. The number of benzene rings is 2. The molecule has 0 fully saturated rings. The van der Waals surface area contributed by atoms with Crippen molar-refractivity contribution in [2.24, 2.45) is 0 Å². The normalized spacial score (nSPS) is 11.9. The molecule has 0 aliphatic heterocycles. The molecule has 1 aromatic heterocycles. The Morgan fingerprint density at radius 2 is 2.04 bits per heavy atom. The van der Waals surface area contributed by atoms with E-state index >= 15 is 0 Å². The van der Waals surface area contributed by atoms with Crippen molar-refractivity contribution in [2.75, 3.05) is 13.7 Å². The Morgan fingerprint density at radius 1 is 1.30 bits per heavy atom. The van der Waals surface area contributed by atoms with Crippen molar-refractivity contribution in [2.45, 2.75) is 13.0 Å². The zero-order valence-corrected chi connectivity index (χ0v) is 16.4. The summed E-state index contributed by atoms with van der Waals surface area (Å²) >= 11 is 3.18. The highest BCUT2D eigenvalue weighted by Crippen LogP contribution is 2.23. The van der Waals surface area contributed by atoms with Gasteiger partial charge in [-0.15, -0.1) is 0 Å². The van der Waals surface area contributed by atoms with E-state index in [1.165, 1.54) is 18.5 Å². The van der Waals surface area contributed by atoms with Crippen LogP contribution in [0.15, 0.2) is 59.6 Å². The monoisotopic (exact) mass is 432 g/mol. The molecule has 0 saturated heterocycles. The average Bonchev–Trinajstić information content (AvgIpc) is 3.21. The van der Waals surface area contributed by atoms with E-state index in [9.17, 15) is 9.18 Å². The highest BCUT2D eigenvalue weighted by atomic mass is 79.9. The second kappa shape index (κ2) is 8.30. The van der Waals surface area contributed by atoms with Crippen molar-refractivity contribution >= 4 is 21.8 Å². The quantitative estimate of drug-likeness (QED) is 0.594. The molecular weight excluding hydrogens is 415 g/mol. The van der Waals surface area contributed by atoms with Crippen LogP contribution in [-0.2, 0) is 4.79 Å². The standard InChI is InChI=1S/C19H18BrFN4O2/c1-13(14-3-6-16(7-4-14)25-12-22-11-23-25)24(2)19(26)10-27-18-8-5-15(20)9-17(18)21/h3-9,11-13H,10H2,1-2H3/t13-/m1/s1. The molecule has 0 bridgehead atoms. The molecule has 8 heteroatoms. The van der Waals surface area contributed by atoms with Crippen molar-refractivity contribution in [1.29, 1.82) is 0 Å². The Balaban J connectivity index is 1.62. The molecule has 1 heterocycles. The number of hydrogen-bond donors (Lipinski definition) is 0. The molecule has 1 atom stereocenters. The third-order valence-corrected chi connectivity index (χ3v) is 4.77. The Bertz CT molecular complexity index is 916. The van der Waals surface area contributed by atoms with Gasteiger partial charge in [0.15, 0.2) is 18.2 Å². The number of aromatic nitrogens is 3. The molecule has 0 aliphatic carbocycles. The summed E-state index contributed by atoms with van der Waals surface area (Å²) in [6.07, 6.45) is 3.09. The molecule has 140 valence electrons. The van der Waals surface area contributed by atoms with Crippen LogP contribution < -0.4 is 4.74 Å². The van der Waals surface area contributed by atoms with Crippen molar-refractivity contribution in [1.82, 2.24) is 19.7 Å². The van der Waals surface area contributed by atoms with Gasteiger partial charge in [0.2, 0.25) is 0 Å². The van der Waals surface area contributed by atoms with Crippen LogP contribution in [-0.4, -0.2) is 39.2 Å². The molecule has 3 rings (SSSR count). The van der Waals surface area contributed by atoms with Gasteiger partial charge >= 0.3 is 0 Å². The van der Waals surface area contributed by atoms with E-state index in [-0.39, 0.29) is 24.3 Å². The van der Waals surface area contributed by atoms with Crippen LogP contribution >= 0.6 is 15.9 Å². The molecule has 0 unspecified atom stereocenters. The predicted molar refractivity (Wildman–Crippen MR) is 102 cm³/mol. The minimum absolute atomic E-state index is 0.0461. The number of halogens is 2. The number of amides is 1. The number of ether oxygens (including phenoxy) is 1. The van der Waals surface area contributed by atoms with Crippen LogP contribution in [0.5, 0.6) is 5.75 Å². The molecule has 0 aliphatic rings. The maximum atomic E-state index is 13.8. The van der Waals surface area contributed by atoms with E-state index < -0.39 is 5.82 Å². The highest BCUT2D eigenvalue weighted by molar-refractivity contribution is 9.10. The SMILES string of the molecule is C[C@H](c1ccc(-n2cncn2)cc1)N(C)C(=O)COc1ccc(Br)cc1F. The van der Waals surface area contributed by atoms with E-state index in [0.717, 1.165) is 11.3 Å². The van der Waals surface area contributed by atoms with E-state index in [1.807, 2.05) is 31.2 Å². The summed E-state index contributed by atoms with van der Waals surface area (Å²) in [4.78, 5) is 17.9. The largest absolute Gasteiger partial charge is 0.481 e. The second-order valence-electron chi connectivity index (χ2n) is 5.98. The third-order valence-electron chi connectivity index (χ3n) is 4.28. The first-order valence-electron chi connectivity index (χ1n) is 8.24. The first kappa shape index (κ1) is 19.0. The molecule has 0 saturated carbocycles. The lowest BCUT2D eigenvalue weighted by Gasteiger charge is -2.25. The molecular formula is C19H18BrFN4O2. The fraction of sp³-hybridized carbons (Fsp3) is 0.211. The summed E-state index contributed by atoms with van der Waals surface area (Å²) in [5.41, 5.74) is 1.84. The van der Waals surface area contributed by atoms with Crippen molar-refractivity contribution < 1.29 is 13.9 Å². The summed E-state index contributed by atoms with van der Waals surface area (Å²) in [5.74, 6) is -0.716. The van der Waals surface area contributed by atoms with Gasteiger partial charge in [0.05, 0.1) is 11.7 Å². The van der Waals surface area contributed by atoms with Gasteiger partial charge in [-0.2, -0.15) is 5.10 Å². The maximum absolute atomic E-state index is 13.8. The zero-order chi connectivity index (χ0) is 19.4. The minimum Gasteiger partial charge on any atom is -0.481 e. The van der Waals surface area contributed by atoms with Crippen LogP contribution in [0.3, 0.4) is 0 Å². The molecule has 0 spiro atoms. The first-order chi connectivity index (χ1) is 13.0. The van der Waals surface area contributed by atoms with Crippen molar-refractivity contribution in [3.8, 4) is 11.4 Å². The third kappa shape index (κ3) is 4.51. The Morgan fingerprint density at radius 3 is 2.67 bits per heavy atom. The summed E-state index contributed by atoms with van der Waals surface area (Å²) in [6, 6.07) is 12.0. The predicted octanol–water partition coefficient (Wildman–Crippen LogP) is 3.77. The maximum Gasteiger partial charge on any atom is 0.260 e. The van der Waals surface area contributed by atoms with Crippen LogP contribution in [0, 0.1) is 5.82 Å². The molecule has 1 amide bonds. The Hall–Kier alpha value is -2.74. The van der Waals surface area contributed by atoms with E-state index in [0.29, 0.717) is 4.47 Å². The van der Waals surface area contributed by atoms with Gasteiger partial charge < -0.3 is 9.64 Å². The Labute approximate surface area is 164 Å². The van der Waals surface area contributed by atoms with Gasteiger partial charge in [0, 0.05) is 11.5 Å². The summed E-state index contributed by atoms with van der Waals surface area (Å²) in [5, 5.41) is 4.08. The minimum atomic E-state index is -0.517. The number of hydrogen-bond acceptors (Lipinski definition) is 4. The fourth-order valence-corrected chi connectivity index (χ4v) is 2.85. The number of rotatable bonds is 6. The van der Waals surface area contributed by atoms with Crippen molar-refractivity contribution in [3.05, 3.63) is 71.0 Å². The second-order valence-corrected chi connectivity index (χ2v) is 6.89. The number of carbonyl (C=O) groups excluding carboxylic acids is 1. The van der Waals surface area contributed by atoms with Crippen LogP contribution in [0.2, 0.25) is 0 Å². The number of carbonyl (C=O) groups is 1. The number of likely N-dealkylation sites (N-methyl/N-ethyl adjacent to an activating group) is 1. The molecule has 27 heavy (non-hydrogen) atoms. The van der Waals surface area contributed by atoms with Crippen LogP contribution in [0.4, 0.5) is 4.39 Å². The lowest BCUT2D eigenvalue weighted by atomic mass is 10.1. The molecule has 0 N–H and O–H groups in total. The van der Waals surface area contributed by atoms with Gasteiger partial charge in [-0.3, -0.25) is 4.79 Å². The van der Waals surface area contributed by atoms with Gasteiger partial charge in [-0.1, -0.05) is 28.1 Å². The van der Waals surface area contributed by atoms with Gasteiger partial charge in [0.25, 0.3) is 5.91 Å². The van der Waals surface area contributed by atoms with E-state index in [1.54, 1.807) is 29.0 Å². The number of nitrogens with zero attached hydrogens (tertiary/aromatic N) is 4. The van der Waals surface area contributed by atoms with Crippen LogP contribution in [0.25, 0.3) is 5.69 Å². The molecule has 6 nitrogen and oxygen atoms in total. The van der Waals surface area contributed by atoms with Gasteiger partial charge in [0.1, 0.15) is 12.7 Å². The van der Waals surface area contributed by atoms with E-state index in [2.05, 4.69) is 26.0 Å². The Kier molecular flexibility index (Phi) is 5.85. The molecule has 2 aromatic carbocycles. The van der Waals surface area contributed by atoms with E-state index in [4.69, 9.17) is 4.74 Å².